The van der Waals surface area contributed by atoms with Gasteiger partial charge in [-0.3, -0.25) is 0 Å². The number of hydrogen-bond acceptors (Lipinski definition) is 3. The van der Waals surface area contributed by atoms with Crippen molar-refractivity contribution >= 4 is 17.7 Å². The highest BCUT2D eigenvalue weighted by Gasteiger charge is 2.09. The molecule has 20 heavy (non-hydrogen) atoms. The van der Waals surface area contributed by atoms with Gasteiger partial charge >= 0.3 is 5.97 Å². The molecule has 4 heteroatoms. The molecule has 2 aromatic carbocycles. The monoisotopic (exact) mass is 288 g/mol. The quantitative estimate of drug-likeness (QED) is 0.845. The lowest BCUT2D eigenvalue weighted by atomic mass is 10.1. The Morgan fingerprint density at radius 2 is 2.05 bits per heavy atom. The number of thioether (sulfide) groups is 1. The molecular formula is C16H16O3S. The van der Waals surface area contributed by atoms with Crippen LogP contribution < -0.4 is 4.74 Å². The molecule has 0 saturated heterocycles. The number of ether oxygens (including phenoxy) is 1. The molecular weight excluding hydrogens is 272 g/mol. The number of aryl methyl sites for hydroxylation is 1. The maximum atomic E-state index is 11.0. The second-order valence-corrected chi connectivity index (χ2v) is 5.49. The smallest absolute Gasteiger partial charge is 0.335 e. The molecule has 3 nitrogen and oxygen atoms in total. The first kappa shape index (κ1) is 14.5. The number of hydrogen-bond donors (Lipinski definition) is 1. The van der Waals surface area contributed by atoms with Crippen molar-refractivity contribution < 1.29 is 14.6 Å². The van der Waals surface area contributed by atoms with Crippen LogP contribution in [-0.2, 0) is 5.75 Å². The lowest BCUT2D eigenvalue weighted by Gasteiger charge is -2.09. The third-order valence-corrected chi connectivity index (χ3v) is 3.95. The topological polar surface area (TPSA) is 46.5 Å². The highest BCUT2D eigenvalue weighted by Crippen LogP contribution is 2.29. The van der Waals surface area contributed by atoms with Gasteiger partial charge in [-0.15, -0.1) is 11.8 Å². The Bertz CT molecular complexity index is 623. The summed E-state index contributed by atoms with van der Waals surface area (Å²) in [6.45, 7) is 2.05. The Hall–Kier alpha value is -1.94. The molecule has 0 spiro atoms. The second kappa shape index (κ2) is 6.48. The molecule has 0 saturated carbocycles. The van der Waals surface area contributed by atoms with E-state index in [0.717, 1.165) is 16.2 Å². The zero-order valence-corrected chi connectivity index (χ0v) is 12.2. The van der Waals surface area contributed by atoms with Crippen molar-refractivity contribution in [1.82, 2.24) is 0 Å². The van der Waals surface area contributed by atoms with Crippen LogP contribution in [0.3, 0.4) is 0 Å². The maximum Gasteiger partial charge on any atom is 0.335 e. The summed E-state index contributed by atoms with van der Waals surface area (Å²) in [5, 5.41) is 9.05. The minimum Gasteiger partial charge on any atom is -0.496 e. The van der Waals surface area contributed by atoms with Crippen molar-refractivity contribution in [3.8, 4) is 5.75 Å². The van der Waals surface area contributed by atoms with E-state index in [-0.39, 0.29) is 5.56 Å². The average molecular weight is 288 g/mol. The summed E-state index contributed by atoms with van der Waals surface area (Å²) in [7, 11) is 1.59. The number of aromatic carboxylic acids is 1. The van der Waals surface area contributed by atoms with E-state index in [2.05, 4.69) is 19.1 Å². The van der Waals surface area contributed by atoms with Gasteiger partial charge < -0.3 is 9.84 Å². The van der Waals surface area contributed by atoms with Crippen LogP contribution >= 0.6 is 11.8 Å². The Kier molecular flexibility index (Phi) is 4.69. The van der Waals surface area contributed by atoms with Gasteiger partial charge in [0.25, 0.3) is 0 Å². The molecule has 1 N–H and O–H groups in total. The summed E-state index contributed by atoms with van der Waals surface area (Å²) in [4.78, 5) is 12.2. The van der Waals surface area contributed by atoms with Gasteiger partial charge in [0.15, 0.2) is 0 Å². The standard InChI is InChI=1S/C16H16O3S/c1-11-4-3-5-14(8-11)20-10-13-9-12(16(17)18)6-7-15(13)19-2/h3-9H,10H2,1-2H3,(H,17,18). The Labute approximate surface area is 122 Å². The van der Waals surface area contributed by atoms with Crippen molar-refractivity contribution in [3.63, 3.8) is 0 Å². The molecule has 0 aliphatic heterocycles. The van der Waals surface area contributed by atoms with Gasteiger partial charge in [-0.1, -0.05) is 17.7 Å². The van der Waals surface area contributed by atoms with Crippen molar-refractivity contribution in [2.24, 2.45) is 0 Å². The fourth-order valence-electron chi connectivity index (χ4n) is 1.89. The molecule has 0 aliphatic rings. The molecule has 104 valence electrons. The number of benzene rings is 2. The number of carbonyl (C=O) groups is 1. The number of carboxylic acid groups (broad SMARTS) is 1. The highest BCUT2D eigenvalue weighted by molar-refractivity contribution is 7.98. The first-order valence-electron chi connectivity index (χ1n) is 6.20. The third kappa shape index (κ3) is 3.54. The molecule has 0 amide bonds. The lowest BCUT2D eigenvalue weighted by molar-refractivity contribution is 0.0696. The normalized spacial score (nSPS) is 10.3. The summed E-state index contributed by atoms with van der Waals surface area (Å²) >= 11 is 1.66. The van der Waals surface area contributed by atoms with Gasteiger partial charge in [0, 0.05) is 16.2 Å². The van der Waals surface area contributed by atoms with E-state index < -0.39 is 5.97 Å². The Morgan fingerprint density at radius 3 is 2.70 bits per heavy atom. The summed E-state index contributed by atoms with van der Waals surface area (Å²) in [5.41, 5.74) is 2.38. The van der Waals surface area contributed by atoms with Crippen molar-refractivity contribution in [3.05, 3.63) is 59.2 Å². The van der Waals surface area contributed by atoms with Crippen LogP contribution in [-0.4, -0.2) is 18.2 Å². The van der Waals surface area contributed by atoms with Gasteiger partial charge in [0.2, 0.25) is 0 Å². The molecule has 0 radical (unpaired) electrons. The van der Waals surface area contributed by atoms with Crippen LogP contribution in [0.1, 0.15) is 21.5 Å². The predicted octanol–water partition coefficient (Wildman–Crippen LogP) is 3.99. The SMILES string of the molecule is COc1ccc(C(=O)O)cc1CSc1cccc(C)c1. The van der Waals surface area contributed by atoms with Crippen LogP contribution in [0.5, 0.6) is 5.75 Å². The second-order valence-electron chi connectivity index (χ2n) is 4.44. The largest absolute Gasteiger partial charge is 0.496 e. The Balaban J connectivity index is 2.19. The van der Waals surface area contributed by atoms with E-state index in [1.807, 2.05) is 12.1 Å². The first-order chi connectivity index (χ1) is 9.60. The molecule has 2 aromatic rings. The number of carboxylic acids is 1. The van der Waals surface area contributed by atoms with E-state index in [4.69, 9.17) is 9.84 Å². The predicted molar refractivity (Wildman–Crippen MR) is 80.7 cm³/mol. The van der Waals surface area contributed by atoms with E-state index in [9.17, 15) is 4.79 Å². The molecule has 0 unspecified atom stereocenters. The summed E-state index contributed by atoms with van der Waals surface area (Å²) in [6, 6.07) is 13.2. The van der Waals surface area contributed by atoms with Crippen LogP contribution in [0.15, 0.2) is 47.4 Å². The van der Waals surface area contributed by atoms with Gasteiger partial charge in [-0.25, -0.2) is 4.79 Å². The third-order valence-electron chi connectivity index (χ3n) is 2.91. The molecule has 2 rings (SSSR count). The van der Waals surface area contributed by atoms with Gasteiger partial charge in [0.05, 0.1) is 12.7 Å². The summed E-state index contributed by atoms with van der Waals surface area (Å²) < 4.78 is 5.29. The van der Waals surface area contributed by atoms with Crippen LogP contribution in [0.25, 0.3) is 0 Å². The van der Waals surface area contributed by atoms with E-state index in [0.29, 0.717) is 5.75 Å². The van der Waals surface area contributed by atoms with E-state index in [1.54, 1.807) is 37.1 Å². The maximum absolute atomic E-state index is 11.0. The van der Waals surface area contributed by atoms with Crippen molar-refractivity contribution in [2.45, 2.75) is 17.6 Å². The minimum absolute atomic E-state index is 0.283. The average Bonchev–Trinajstić information content (AvgIpc) is 2.44. The van der Waals surface area contributed by atoms with Crippen LogP contribution in [0.4, 0.5) is 0 Å². The molecule has 0 aliphatic carbocycles. The lowest BCUT2D eigenvalue weighted by Crippen LogP contribution is -1.99. The fourth-order valence-corrected chi connectivity index (χ4v) is 2.88. The van der Waals surface area contributed by atoms with Crippen LogP contribution in [0.2, 0.25) is 0 Å². The summed E-state index contributed by atoms with van der Waals surface area (Å²) in [6.07, 6.45) is 0. The van der Waals surface area contributed by atoms with Crippen molar-refractivity contribution in [2.75, 3.05) is 7.11 Å². The van der Waals surface area contributed by atoms with Crippen molar-refractivity contribution in [1.29, 1.82) is 0 Å². The summed E-state index contributed by atoms with van der Waals surface area (Å²) in [5.74, 6) is 0.470. The highest BCUT2D eigenvalue weighted by atomic mass is 32.2. The molecule has 0 bridgehead atoms. The molecule has 0 heterocycles. The fraction of sp³-hybridized carbons (Fsp3) is 0.188. The van der Waals surface area contributed by atoms with Crippen LogP contribution in [0, 0.1) is 6.92 Å². The van der Waals surface area contributed by atoms with Gasteiger partial charge in [0.1, 0.15) is 5.75 Å². The van der Waals surface area contributed by atoms with Gasteiger partial charge in [-0.05, 0) is 37.3 Å². The molecule has 0 aromatic heterocycles. The Morgan fingerprint density at radius 1 is 1.25 bits per heavy atom. The minimum atomic E-state index is -0.922. The molecule has 0 fully saturated rings. The zero-order valence-electron chi connectivity index (χ0n) is 11.4. The van der Waals surface area contributed by atoms with Gasteiger partial charge in [-0.2, -0.15) is 0 Å². The molecule has 0 atom stereocenters. The van der Waals surface area contributed by atoms with E-state index >= 15 is 0 Å². The zero-order chi connectivity index (χ0) is 14.5. The number of methoxy groups -OCH3 is 1. The first-order valence-corrected chi connectivity index (χ1v) is 7.18. The number of rotatable bonds is 5. The van der Waals surface area contributed by atoms with E-state index in [1.165, 1.54) is 5.56 Å².